The highest BCUT2D eigenvalue weighted by Crippen LogP contribution is 2.26. The topological polar surface area (TPSA) is 55.6 Å². The molecule has 0 saturated carbocycles. The molecule has 0 fully saturated rings. The van der Waals surface area contributed by atoms with Crippen LogP contribution >= 0.6 is 0 Å². The Morgan fingerprint density at radius 2 is 2.20 bits per heavy atom. The molecule has 0 amide bonds. The Morgan fingerprint density at radius 3 is 3.07 bits per heavy atom. The van der Waals surface area contributed by atoms with E-state index < -0.39 is 0 Å². The molecule has 3 heterocycles. The molecule has 0 spiro atoms. The first-order chi connectivity index (χ1) is 7.45. The lowest BCUT2D eigenvalue weighted by Gasteiger charge is -2.24. The summed E-state index contributed by atoms with van der Waals surface area (Å²) in [4.78, 5) is 8.18. The molecule has 1 aliphatic rings. The number of pyridine rings is 1. The molecule has 0 saturated heterocycles. The van der Waals surface area contributed by atoms with Crippen LogP contribution in [0.25, 0.3) is 0 Å². The van der Waals surface area contributed by atoms with Gasteiger partial charge in [0.2, 0.25) is 5.95 Å². The van der Waals surface area contributed by atoms with Crippen molar-refractivity contribution in [1.29, 1.82) is 0 Å². The Bertz CT molecular complexity index is 450. The quantitative estimate of drug-likeness (QED) is 0.750. The van der Waals surface area contributed by atoms with Crippen molar-refractivity contribution in [2.45, 2.75) is 12.5 Å². The maximum atomic E-state index is 4.24. The second-order valence-electron chi connectivity index (χ2n) is 3.54. The van der Waals surface area contributed by atoms with E-state index in [1.165, 1.54) is 5.56 Å². The highest BCUT2D eigenvalue weighted by Gasteiger charge is 2.21. The highest BCUT2D eigenvalue weighted by molar-refractivity contribution is 5.30. The predicted molar refractivity (Wildman–Crippen MR) is 55.5 cm³/mol. The first kappa shape index (κ1) is 8.40. The third-order valence-electron chi connectivity index (χ3n) is 2.66. The van der Waals surface area contributed by atoms with Gasteiger partial charge in [-0.1, -0.05) is 0 Å². The van der Waals surface area contributed by atoms with Crippen LogP contribution in [0.5, 0.6) is 0 Å². The molecular formula is C10H11N5. The van der Waals surface area contributed by atoms with Gasteiger partial charge in [0.1, 0.15) is 6.33 Å². The third-order valence-corrected chi connectivity index (χ3v) is 2.66. The predicted octanol–water partition coefficient (Wildman–Crippen LogP) is 1.08. The van der Waals surface area contributed by atoms with E-state index in [0.29, 0.717) is 0 Å². The average molecular weight is 201 g/mol. The molecular weight excluding hydrogens is 190 g/mol. The molecule has 3 rings (SSSR count). The van der Waals surface area contributed by atoms with Crippen LogP contribution in [-0.2, 0) is 0 Å². The minimum atomic E-state index is 0.284. The van der Waals surface area contributed by atoms with Gasteiger partial charge >= 0.3 is 0 Å². The van der Waals surface area contributed by atoms with Gasteiger partial charge in [0, 0.05) is 18.9 Å². The minimum absolute atomic E-state index is 0.284. The second kappa shape index (κ2) is 3.34. The largest absolute Gasteiger partial charge is 0.354 e. The fraction of sp³-hybridized carbons (Fsp3) is 0.300. The molecule has 1 N–H and O–H groups in total. The smallest absolute Gasteiger partial charge is 0.221 e. The van der Waals surface area contributed by atoms with E-state index in [2.05, 4.69) is 20.4 Å². The summed E-state index contributed by atoms with van der Waals surface area (Å²) in [5.41, 5.74) is 1.23. The molecule has 1 atom stereocenters. The fourth-order valence-electron chi connectivity index (χ4n) is 1.94. The van der Waals surface area contributed by atoms with Crippen molar-refractivity contribution in [3.05, 3.63) is 36.4 Å². The lowest BCUT2D eigenvalue weighted by molar-refractivity contribution is 0.480. The summed E-state index contributed by atoms with van der Waals surface area (Å²) in [5.74, 6) is 0.850. The normalized spacial score (nSPS) is 19.3. The summed E-state index contributed by atoms with van der Waals surface area (Å²) in [6, 6.07) is 4.34. The van der Waals surface area contributed by atoms with E-state index in [0.717, 1.165) is 18.9 Å². The molecule has 5 nitrogen and oxygen atoms in total. The molecule has 1 unspecified atom stereocenters. The summed E-state index contributed by atoms with van der Waals surface area (Å²) < 4.78 is 1.93. The molecule has 1 aliphatic heterocycles. The molecule has 0 aliphatic carbocycles. The molecule has 0 aromatic carbocycles. The Kier molecular flexibility index (Phi) is 1.87. The van der Waals surface area contributed by atoms with Gasteiger partial charge in [0.05, 0.1) is 6.04 Å². The van der Waals surface area contributed by atoms with Gasteiger partial charge in [0.25, 0.3) is 0 Å². The molecule has 0 radical (unpaired) electrons. The van der Waals surface area contributed by atoms with Gasteiger partial charge in [-0.05, 0) is 24.1 Å². The van der Waals surface area contributed by atoms with Gasteiger partial charge < -0.3 is 5.32 Å². The standard InChI is InChI=1S/C10H11N5/c1-4-11-5-2-8(1)9-3-6-12-10-13-7-14-15(9)10/h1-2,4-5,7,9H,3,6H2,(H,12,13,14). The number of hydrogen-bond donors (Lipinski definition) is 1. The van der Waals surface area contributed by atoms with Crippen LogP contribution < -0.4 is 5.32 Å². The van der Waals surface area contributed by atoms with Gasteiger partial charge in [-0.25, -0.2) is 4.68 Å². The van der Waals surface area contributed by atoms with E-state index in [4.69, 9.17) is 0 Å². The maximum absolute atomic E-state index is 4.24. The monoisotopic (exact) mass is 201 g/mol. The van der Waals surface area contributed by atoms with Crippen molar-refractivity contribution in [3.8, 4) is 0 Å². The second-order valence-corrected chi connectivity index (χ2v) is 3.54. The zero-order chi connectivity index (χ0) is 10.1. The van der Waals surface area contributed by atoms with Crippen molar-refractivity contribution in [1.82, 2.24) is 19.7 Å². The summed E-state index contributed by atoms with van der Waals surface area (Å²) in [6.07, 6.45) is 6.24. The van der Waals surface area contributed by atoms with Crippen molar-refractivity contribution in [3.63, 3.8) is 0 Å². The molecule has 15 heavy (non-hydrogen) atoms. The number of fused-ring (bicyclic) bond motifs is 1. The first-order valence-corrected chi connectivity index (χ1v) is 4.98. The van der Waals surface area contributed by atoms with E-state index in [1.54, 1.807) is 6.33 Å². The Morgan fingerprint density at radius 1 is 1.33 bits per heavy atom. The van der Waals surface area contributed by atoms with Crippen molar-refractivity contribution in [2.24, 2.45) is 0 Å². The highest BCUT2D eigenvalue weighted by atomic mass is 15.4. The number of anilines is 1. The zero-order valence-electron chi connectivity index (χ0n) is 8.17. The number of nitrogens with zero attached hydrogens (tertiary/aromatic N) is 4. The van der Waals surface area contributed by atoms with E-state index >= 15 is 0 Å². The van der Waals surface area contributed by atoms with Gasteiger partial charge in [-0.3, -0.25) is 4.98 Å². The average Bonchev–Trinajstić information content (AvgIpc) is 2.78. The van der Waals surface area contributed by atoms with E-state index in [-0.39, 0.29) is 6.04 Å². The van der Waals surface area contributed by atoms with Crippen LogP contribution in [0.1, 0.15) is 18.0 Å². The summed E-state index contributed by atoms with van der Waals surface area (Å²) in [7, 11) is 0. The van der Waals surface area contributed by atoms with Gasteiger partial charge in [-0.15, -0.1) is 0 Å². The summed E-state index contributed by atoms with van der Waals surface area (Å²) in [5, 5.41) is 7.45. The maximum Gasteiger partial charge on any atom is 0.221 e. The van der Waals surface area contributed by atoms with Crippen LogP contribution in [0.2, 0.25) is 0 Å². The molecule has 5 heteroatoms. The fourth-order valence-corrected chi connectivity index (χ4v) is 1.94. The lowest BCUT2D eigenvalue weighted by Crippen LogP contribution is -2.24. The Labute approximate surface area is 87.2 Å². The molecule has 76 valence electrons. The number of rotatable bonds is 1. The summed E-state index contributed by atoms with van der Waals surface area (Å²) in [6.45, 7) is 0.936. The van der Waals surface area contributed by atoms with Crippen LogP contribution in [0.15, 0.2) is 30.9 Å². The number of hydrogen-bond acceptors (Lipinski definition) is 4. The molecule has 0 bridgehead atoms. The summed E-state index contributed by atoms with van der Waals surface area (Å²) >= 11 is 0. The zero-order valence-corrected chi connectivity index (χ0v) is 8.17. The van der Waals surface area contributed by atoms with Crippen LogP contribution in [-0.4, -0.2) is 26.3 Å². The Hall–Kier alpha value is -1.91. The van der Waals surface area contributed by atoms with Crippen molar-refractivity contribution >= 4 is 5.95 Å². The molecule has 2 aromatic rings. The van der Waals surface area contributed by atoms with Crippen LogP contribution in [0.4, 0.5) is 5.95 Å². The molecule has 2 aromatic heterocycles. The van der Waals surface area contributed by atoms with Crippen LogP contribution in [0.3, 0.4) is 0 Å². The van der Waals surface area contributed by atoms with Crippen molar-refractivity contribution < 1.29 is 0 Å². The minimum Gasteiger partial charge on any atom is -0.354 e. The van der Waals surface area contributed by atoms with Crippen LogP contribution in [0, 0.1) is 0 Å². The lowest BCUT2D eigenvalue weighted by atomic mass is 10.0. The van der Waals surface area contributed by atoms with Crippen molar-refractivity contribution in [2.75, 3.05) is 11.9 Å². The number of nitrogens with one attached hydrogen (secondary N) is 1. The van der Waals surface area contributed by atoms with E-state index in [9.17, 15) is 0 Å². The number of aromatic nitrogens is 4. The Balaban J connectivity index is 2.03. The SMILES string of the molecule is c1cc(C2CCNc3ncnn32)ccn1. The van der Waals surface area contributed by atoms with Gasteiger partial charge in [-0.2, -0.15) is 10.1 Å². The third kappa shape index (κ3) is 1.36. The first-order valence-electron chi connectivity index (χ1n) is 4.98. The van der Waals surface area contributed by atoms with E-state index in [1.807, 2.05) is 29.2 Å². The van der Waals surface area contributed by atoms with Gasteiger partial charge in [0.15, 0.2) is 0 Å².